The van der Waals surface area contributed by atoms with Gasteiger partial charge in [0.25, 0.3) is 5.91 Å². The number of H-pyrrole nitrogens is 1. The molecule has 5 rings (SSSR count). The van der Waals surface area contributed by atoms with Crippen LogP contribution in [0.1, 0.15) is 65.1 Å². The molecule has 4 aromatic rings. The number of thiazole rings is 1. The number of carbonyl (C=O) groups is 3. The Labute approximate surface area is 319 Å². The highest BCUT2D eigenvalue weighted by Gasteiger charge is 2.57. The third-order valence-corrected chi connectivity index (χ3v) is 9.23. The second kappa shape index (κ2) is 16.5. The van der Waals surface area contributed by atoms with Crippen LogP contribution in [0.15, 0.2) is 47.2 Å². The number of Topliss-reactive ketones (excluding diaryl/α,β-unsaturated/α-hetero) is 1. The number of nitrogens with one attached hydrogen (secondary N) is 2. The molecule has 1 aliphatic rings. The standard InChI is InChI=1S/C32H41N11O10S2/c1-31(2,3)51-30(46)34-12-7-13-42-16-20(15-41(42)6)19-8-10-21(11-9-19)50-17-25(27-36-39-40-37-27)52-38-26(23-18-54-29(33)35-23)24(44)14-22-28(45)43(32(22,4)5)53-55(47,48)49/h8-11,15-16,18,22,25H,7,12-14,17H2,1-6H3,(H4-,33,34,35,36,37,39,40,46,47,48,49)/p+1/b38-26-/t22-,25?/m1/s1. The molecule has 2 amide bonds. The fraction of sp³-hybridized carbons (Fsp3) is 0.469. The van der Waals surface area contributed by atoms with Gasteiger partial charge in [-0.3, -0.25) is 14.1 Å². The van der Waals surface area contributed by atoms with E-state index in [1.165, 1.54) is 19.2 Å². The Balaban J connectivity index is 1.23. The summed E-state index contributed by atoms with van der Waals surface area (Å²) in [6.45, 7) is 9.33. The summed E-state index contributed by atoms with van der Waals surface area (Å²) >= 11 is 1.05. The van der Waals surface area contributed by atoms with Crippen LogP contribution in [0.5, 0.6) is 5.75 Å². The van der Waals surface area contributed by atoms with Gasteiger partial charge in [-0.1, -0.05) is 22.5 Å². The number of tetrazole rings is 1. The fourth-order valence-corrected chi connectivity index (χ4v) is 6.46. The van der Waals surface area contributed by atoms with Crippen LogP contribution in [0.4, 0.5) is 9.93 Å². The van der Waals surface area contributed by atoms with Crippen LogP contribution >= 0.6 is 11.3 Å². The molecule has 5 N–H and O–H groups in total. The summed E-state index contributed by atoms with van der Waals surface area (Å²) in [4.78, 5) is 48.1. The van der Waals surface area contributed by atoms with Crippen molar-refractivity contribution < 1.29 is 50.6 Å². The van der Waals surface area contributed by atoms with E-state index in [1.54, 1.807) is 12.1 Å². The number of ketones is 1. The second-order valence-corrected chi connectivity index (χ2v) is 15.8. The summed E-state index contributed by atoms with van der Waals surface area (Å²) in [6, 6.07) is 7.31. The van der Waals surface area contributed by atoms with Gasteiger partial charge < -0.3 is 25.4 Å². The average Bonchev–Trinajstić information content (AvgIpc) is 3.87. The molecular formula is C32H42N11O10S2+. The summed E-state index contributed by atoms with van der Waals surface area (Å²) in [5, 5.41) is 22.8. The summed E-state index contributed by atoms with van der Waals surface area (Å²) in [6.07, 6.45) is 2.72. The zero-order valence-corrected chi connectivity index (χ0v) is 32.5. The maximum atomic E-state index is 13.6. The molecule has 3 aromatic heterocycles. The van der Waals surface area contributed by atoms with E-state index in [0.29, 0.717) is 30.3 Å². The zero-order valence-electron chi connectivity index (χ0n) is 30.8. The lowest BCUT2D eigenvalue weighted by Crippen LogP contribution is -2.68. The van der Waals surface area contributed by atoms with Crippen molar-refractivity contribution in [3.05, 3.63) is 53.6 Å². The molecular weight excluding hydrogens is 763 g/mol. The minimum atomic E-state index is -4.98. The van der Waals surface area contributed by atoms with Crippen LogP contribution in [-0.4, -0.2) is 96.1 Å². The van der Waals surface area contributed by atoms with Gasteiger partial charge in [-0.15, -0.1) is 30.5 Å². The smallest absolute Gasteiger partial charge is 0.418 e. The highest BCUT2D eigenvalue weighted by Crippen LogP contribution is 2.40. The van der Waals surface area contributed by atoms with Gasteiger partial charge in [0.05, 0.1) is 29.8 Å². The number of nitrogen functional groups attached to an aromatic ring is 1. The Morgan fingerprint density at radius 1 is 1.22 bits per heavy atom. The number of carbonyl (C=O) groups excluding carboxylic acids is 3. The number of anilines is 1. The fourth-order valence-electron chi connectivity index (χ4n) is 5.45. The third-order valence-electron chi connectivity index (χ3n) is 8.22. The van der Waals surface area contributed by atoms with Crippen molar-refractivity contribution in [2.24, 2.45) is 18.1 Å². The SMILES string of the molecule is C[n+]1cc(-c2ccc(OCC(O/N=C(\C(=O)C[C@@H]3C(=O)N(OS(=O)(=O)O)C3(C)C)c3csc(N)n3)c3nn[nH]n3)cc2)cn1CCCNC(=O)OC(C)(C)C. The van der Waals surface area contributed by atoms with Gasteiger partial charge >= 0.3 is 16.5 Å². The van der Waals surface area contributed by atoms with E-state index in [1.807, 2.05) is 61.7 Å². The van der Waals surface area contributed by atoms with Crippen LogP contribution in [0.25, 0.3) is 11.1 Å². The molecule has 0 radical (unpaired) electrons. The number of nitrogens with two attached hydrogens (primary N) is 1. The van der Waals surface area contributed by atoms with Crippen molar-refractivity contribution in [3.8, 4) is 16.9 Å². The van der Waals surface area contributed by atoms with Crippen molar-refractivity contribution in [2.75, 3.05) is 18.9 Å². The summed E-state index contributed by atoms with van der Waals surface area (Å²) in [5.41, 5.74) is 5.66. The lowest BCUT2D eigenvalue weighted by atomic mass is 9.74. The van der Waals surface area contributed by atoms with Gasteiger partial charge in [-0.25, -0.2) is 9.78 Å². The molecule has 55 heavy (non-hydrogen) atoms. The molecule has 23 heteroatoms. The summed E-state index contributed by atoms with van der Waals surface area (Å²) < 4.78 is 51.1. The number of aromatic nitrogens is 7. The third kappa shape index (κ3) is 10.6. The molecule has 0 aliphatic carbocycles. The molecule has 2 atom stereocenters. The van der Waals surface area contributed by atoms with Crippen molar-refractivity contribution in [3.63, 3.8) is 0 Å². The Morgan fingerprint density at radius 2 is 1.95 bits per heavy atom. The number of alkyl carbamates (subject to hydrolysis) is 1. The van der Waals surface area contributed by atoms with Crippen molar-refractivity contribution in [2.45, 2.75) is 71.2 Å². The number of hydroxylamine groups is 2. The van der Waals surface area contributed by atoms with Gasteiger partial charge in [0, 0.05) is 18.3 Å². The molecule has 1 aliphatic heterocycles. The predicted molar refractivity (Wildman–Crippen MR) is 193 cm³/mol. The van der Waals surface area contributed by atoms with E-state index in [4.69, 9.17) is 24.6 Å². The lowest BCUT2D eigenvalue weighted by molar-refractivity contribution is -0.753. The normalized spacial score (nSPS) is 16.3. The van der Waals surface area contributed by atoms with E-state index in [0.717, 1.165) is 22.5 Å². The van der Waals surface area contributed by atoms with E-state index in [-0.39, 0.29) is 29.0 Å². The van der Waals surface area contributed by atoms with Gasteiger partial charge in [0.2, 0.25) is 18.1 Å². The highest BCUT2D eigenvalue weighted by atomic mass is 32.3. The number of aromatic amines is 1. The number of β-lactam (4-membered cyclic amide) rings is 1. The van der Waals surface area contributed by atoms with E-state index in [9.17, 15) is 22.8 Å². The number of aryl methyl sites for hydroxylation is 2. The highest BCUT2D eigenvalue weighted by molar-refractivity contribution is 7.80. The monoisotopic (exact) mass is 804 g/mol. The van der Waals surface area contributed by atoms with Crippen LogP contribution in [-0.2, 0) is 47.4 Å². The number of rotatable bonds is 17. The maximum absolute atomic E-state index is 13.6. The molecule has 1 aromatic carbocycles. The van der Waals surface area contributed by atoms with Crippen LogP contribution in [0.2, 0.25) is 0 Å². The Morgan fingerprint density at radius 3 is 2.55 bits per heavy atom. The number of benzene rings is 1. The first-order valence-corrected chi connectivity index (χ1v) is 19.0. The molecule has 0 spiro atoms. The van der Waals surface area contributed by atoms with Gasteiger partial charge in [0.15, 0.2) is 23.7 Å². The topological polar surface area (TPSA) is 272 Å². The minimum Gasteiger partial charge on any atom is -0.489 e. The number of hydrogen-bond donors (Lipinski definition) is 4. The molecule has 4 heterocycles. The first-order valence-electron chi connectivity index (χ1n) is 16.8. The minimum absolute atomic E-state index is 0.0633. The maximum Gasteiger partial charge on any atom is 0.418 e. The lowest BCUT2D eigenvalue weighted by Gasteiger charge is -2.50. The number of nitrogens with zero attached hydrogens (tertiary/aromatic N) is 8. The van der Waals surface area contributed by atoms with E-state index < -0.39 is 57.8 Å². The van der Waals surface area contributed by atoms with Crippen LogP contribution < -0.4 is 20.5 Å². The van der Waals surface area contributed by atoms with Crippen molar-refractivity contribution in [1.29, 1.82) is 0 Å². The molecule has 1 fully saturated rings. The Bertz CT molecular complexity index is 2130. The number of oxime groups is 1. The van der Waals surface area contributed by atoms with Gasteiger partial charge in [-0.05, 0) is 58.7 Å². The Hall–Kier alpha value is -5.52. The number of amides is 2. The first-order chi connectivity index (χ1) is 25.8. The van der Waals surface area contributed by atoms with Gasteiger partial charge in [0.1, 0.15) is 23.7 Å². The summed E-state index contributed by atoms with van der Waals surface area (Å²) in [7, 11) is -3.05. The van der Waals surface area contributed by atoms with E-state index in [2.05, 4.69) is 40.4 Å². The number of hydrogen-bond acceptors (Lipinski definition) is 16. The van der Waals surface area contributed by atoms with Crippen molar-refractivity contribution in [1.82, 2.24) is 40.7 Å². The molecule has 1 saturated heterocycles. The van der Waals surface area contributed by atoms with Crippen LogP contribution in [0.3, 0.4) is 0 Å². The van der Waals surface area contributed by atoms with E-state index >= 15 is 0 Å². The first kappa shape index (κ1) is 40.7. The van der Waals surface area contributed by atoms with Gasteiger partial charge in [-0.2, -0.15) is 23.4 Å². The molecule has 0 bridgehead atoms. The molecule has 296 valence electrons. The molecule has 21 nitrogen and oxygen atoms in total. The summed E-state index contributed by atoms with van der Waals surface area (Å²) in [5.74, 6) is -2.00. The quantitative estimate of drug-likeness (QED) is 0.0296. The van der Waals surface area contributed by atoms with Crippen LogP contribution in [0, 0.1) is 5.92 Å². The average molecular weight is 805 g/mol. The second-order valence-electron chi connectivity index (χ2n) is 13.9. The predicted octanol–water partition coefficient (Wildman–Crippen LogP) is 1.92. The molecule has 1 unspecified atom stereocenters. The zero-order chi connectivity index (χ0) is 40.1. The molecule has 0 saturated carbocycles. The Kier molecular flexibility index (Phi) is 12.2. The van der Waals surface area contributed by atoms with Crippen molar-refractivity contribution >= 4 is 50.4 Å². The largest absolute Gasteiger partial charge is 0.489 e. The number of ether oxygens (including phenoxy) is 2.